The number of likely N-dealkylation sites (tertiary alicyclic amines) is 1. The molecule has 3 nitrogen and oxygen atoms in total. The minimum atomic E-state index is -0.176. The number of benzene rings is 1. The van der Waals surface area contributed by atoms with E-state index < -0.39 is 0 Å². The van der Waals surface area contributed by atoms with Crippen LogP contribution in [0.1, 0.15) is 31.7 Å². The molecule has 2 atom stereocenters. The van der Waals surface area contributed by atoms with Crippen LogP contribution in [0.25, 0.3) is 0 Å². The van der Waals surface area contributed by atoms with Crippen LogP contribution in [0.4, 0.5) is 4.39 Å². The minimum absolute atomic E-state index is 0.130. The highest BCUT2D eigenvalue weighted by atomic mass is 19.1. The zero-order chi connectivity index (χ0) is 14.7. The van der Waals surface area contributed by atoms with E-state index in [9.17, 15) is 4.39 Å². The highest BCUT2D eigenvalue weighted by Crippen LogP contribution is 2.28. The smallest absolute Gasteiger partial charge is 0.123 e. The number of nitrogens with one attached hydrogen (secondary N) is 1. The first-order valence-electron chi connectivity index (χ1n) is 8.11. The Balaban J connectivity index is 1.42. The summed E-state index contributed by atoms with van der Waals surface area (Å²) in [6, 6.07) is 5.26. The van der Waals surface area contributed by atoms with Crippen molar-refractivity contribution in [2.75, 3.05) is 26.2 Å². The zero-order valence-electron chi connectivity index (χ0n) is 12.8. The number of rotatable bonds is 5. The van der Waals surface area contributed by atoms with Crippen LogP contribution in [0.2, 0.25) is 0 Å². The van der Waals surface area contributed by atoms with Gasteiger partial charge in [0.1, 0.15) is 17.7 Å². The van der Waals surface area contributed by atoms with E-state index in [1.54, 1.807) is 12.1 Å². The maximum atomic E-state index is 13.2. The first kappa shape index (κ1) is 14.8. The van der Waals surface area contributed by atoms with E-state index in [0.29, 0.717) is 6.04 Å². The van der Waals surface area contributed by atoms with Gasteiger partial charge in [0.15, 0.2) is 0 Å². The second-order valence-corrected chi connectivity index (χ2v) is 6.37. The van der Waals surface area contributed by atoms with Gasteiger partial charge in [-0.15, -0.1) is 0 Å². The summed E-state index contributed by atoms with van der Waals surface area (Å²) in [7, 11) is 0. The van der Waals surface area contributed by atoms with Gasteiger partial charge < -0.3 is 15.0 Å². The van der Waals surface area contributed by atoms with Gasteiger partial charge in [0.2, 0.25) is 0 Å². The lowest BCUT2D eigenvalue weighted by Gasteiger charge is -2.29. The monoisotopic (exact) mass is 292 g/mol. The molecule has 0 spiro atoms. The van der Waals surface area contributed by atoms with Crippen LogP contribution in [0.15, 0.2) is 18.2 Å². The standard InChI is InChI=1S/C17H25FN2O/c1-13(12-20-7-3-2-4-8-20)19-11-16-10-14-9-15(18)5-6-17(14)21-16/h5-6,9,13,16,19H,2-4,7-8,10-12H2,1H3. The van der Waals surface area contributed by atoms with Crippen molar-refractivity contribution in [2.45, 2.75) is 44.8 Å². The third-order valence-electron chi connectivity index (χ3n) is 4.44. The summed E-state index contributed by atoms with van der Waals surface area (Å²) in [4.78, 5) is 2.54. The van der Waals surface area contributed by atoms with Gasteiger partial charge in [0, 0.05) is 31.1 Å². The van der Waals surface area contributed by atoms with Crippen molar-refractivity contribution < 1.29 is 9.13 Å². The zero-order valence-corrected chi connectivity index (χ0v) is 12.8. The number of hydrogen-bond acceptors (Lipinski definition) is 3. The van der Waals surface area contributed by atoms with Gasteiger partial charge in [0.25, 0.3) is 0 Å². The summed E-state index contributed by atoms with van der Waals surface area (Å²) in [5, 5.41) is 3.56. The third kappa shape index (κ3) is 3.95. The van der Waals surface area contributed by atoms with Crippen molar-refractivity contribution >= 4 is 0 Å². The van der Waals surface area contributed by atoms with E-state index in [1.165, 1.54) is 38.4 Å². The lowest BCUT2D eigenvalue weighted by molar-refractivity contribution is 0.190. The van der Waals surface area contributed by atoms with Crippen molar-refractivity contribution in [3.05, 3.63) is 29.6 Å². The molecule has 1 fully saturated rings. The molecule has 0 radical (unpaired) electrons. The lowest BCUT2D eigenvalue weighted by atomic mass is 10.1. The summed E-state index contributed by atoms with van der Waals surface area (Å²) in [6.45, 7) is 6.63. The van der Waals surface area contributed by atoms with Crippen LogP contribution in [-0.2, 0) is 6.42 Å². The highest BCUT2D eigenvalue weighted by molar-refractivity contribution is 5.37. The molecule has 0 bridgehead atoms. The highest BCUT2D eigenvalue weighted by Gasteiger charge is 2.23. The van der Waals surface area contributed by atoms with E-state index >= 15 is 0 Å². The average molecular weight is 292 g/mol. The molecule has 0 amide bonds. The van der Waals surface area contributed by atoms with E-state index in [4.69, 9.17) is 4.74 Å². The SMILES string of the molecule is CC(CN1CCCCC1)NCC1Cc2cc(F)ccc2O1. The summed E-state index contributed by atoms with van der Waals surface area (Å²) >= 11 is 0. The number of ether oxygens (including phenoxy) is 1. The molecule has 1 saturated heterocycles. The number of halogens is 1. The molecular formula is C17H25FN2O. The van der Waals surface area contributed by atoms with Gasteiger partial charge in [-0.3, -0.25) is 0 Å². The molecule has 116 valence electrons. The van der Waals surface area contributed by atoms with Gasteiger partial charge in [-0.25, -0.2) is 4.39 Å². The van der Waals surface area contributed by atoms with Crippen molar-refractivity contribution in [1.82, 2.24) is 10.2 Å². The van der Waals surface area contributed by atoms with Crippen LogP contribution in [0.5, 0.6) is 5.75 Å². The maximum absolute atomic E-state index is 13.2. The summed E-state index contributed by atoms with van der Waals surface area (Å²) in [5.74, 6) is 0.663. The fraction of sp³-hybridized carbons (Fsp3) is 0.647. The molecule has 2 aliphatic rings. The van der Waals surface area contributed by atoms with Crippen molar-refractivity contribution in [2.24, 2.45) is 0 Å². The fourth-order valence-electron chi connectivity index (χ4n) is 3.33. The molecule has 1 aromatic rings. The first-order chi connectivity index (χ1) is 10.2. The maximum Gasteiger partial charge on any atom is 0.123 e. The van der Waals surface area contributed by atoms with E-state index in [-0.39, 0.29) is 11.9 Å². The minimum Gasteiger partial charge on any atom is -0.488 e. The molecule has 0 saturated carbocycles. The number of piperidine rings is 1. The predicted octanol–water partition coefficient (Wildman–Crippen LogP) is 2.59. The molecular weight excluding hydrogens is 267 g/mol. The Bertz CT molecular complexity index is 474. The normalized spacial score (nSPS) is 23.6. The molecule has 21 heavy (non-hydrogen) atoms. The van der Waals surface area contributed by atoms with Crippen LogP contribution in [0.3, 0.4) is 0 Å². The van der Waals surface area contributed by atoms with Crippen molar-refractivity contribution in [3.8, 4) is 5.75 Å². The molecule has 3 rings (SSSR count). The molecule has 2 heterocycles. The summed E-state index contributed by atoms with van der Waals surface area (Å²) in [6.07, 6.45) is 4.98. The van der Waals surface area contributed by atoms with E-state index in [1.807, 2.05) is 0 Å². The number of fused-ring (bicyclic) bond motifs is 1. The lowest BCUT2D eigenvalue weighted by Crippen LogP contribution is -2.44. The van der Waals surface area contributed by atoms with Crippen LogP contribution < -0.4 is 10.1 Å². The second kappa shape index (κ2) is 6.75. The average Bonchev–Trinajstić information content (AvgIpc) is 2.88. The van der Waals surface area contributed by atoms with Crippen LogP contribution in [-0.4, -0.2) is 43.2 Å². The molecule has 1 aromatic carbocycles. The quantitative estimate of drug-likeness (QED) is 0.903. The number of hydrogen-bond donors (Lipinski definition) is 1. The van der Waals surface area contributed by atoms with Crippen molar-refractivity contribution in [3.63, 3.8) is 0 Å². The Hall–Kier alpha value is -1.13. The summed E-state index contributed by atoms with van der Waals surface area (Å²) < 4.78 is 19.0. The van der Waals surface area contributed by atoms with Gasteiger partial charge in [-0.2, -0.15) is 0 Å². The van der Waals surface area contributed by atoms with Gasteiger partial charge >= 0.3 is 0 Å². The number of nitrogens with zero attached hydrogens (tertiary/aromatic N) is 1. The predicted molar refractivity (Wildman–Crippen MR) is 82.3 cm³/mol. The fourth-order valence-corrected chi connectivity index (χ4v) is 3.33. The first-order valence-corrected chi connectivity index (χ1v) is 8.11. The van der Waals surface area contributed by atoms with Crippen molar-refractivity contribution in [1.29, 1.82) is 0 Å². The van der Waals surface area contributed by atoms with Crippen LogP contribution in [0, 0.1) is 5.82 Å². The second-order valence-electron chi connectivity index (χ2n) is 6.37. The van der Waals surface area contributed by atoms with Gasteiger partial charge in [0.05, 0.1) is 0 Å². The Morgan fingerprint density at radius 2 is 2.14 bits per heavy atom. The Morgan fingerprint density at radius 1 is 1.33 bits per heavy atom. The molecule has 4 heteroatoms. The molecule has 1 N–H and O–H groups in total. The van der Waals surface area contributed by atoms with Crippen LogP contribution >= 0.6 is 0 Å². The largest absolute Gasteiger partial charge is 0.488 e. The molecule has 2 aliphatic heterocycles. The van der Waals surface area contributed by atoms with E-state index in [0.717, 1.165) is 30.8 Å². The molecule has 0 aliphatic carbocycles. The third-order valence-corrected chi connectivity index (χ3v) is 4.44. The van der Waals surface area contributed by atoms with Gasteiger partial charge in [-0.1, -0.05) is 6.42 Å². The molecule has 0 aromatic heterocycles. The Morgan fingerprint density at radius 3 is 2.95 bits per heavy atom. The summed E-state index contributed by atoms with van der Waals surface area (Å²) in [5.41, 5.74) is 0.991. The Labute approximate surface area is 126 Å². The molecule has 2 unspecified atom stereocenters. The Kier molecular flexibility index (Phi) is 4.76. The van der Waals surface area contributed by atoms with E-state index in [2.05, 4.69) is 17.1 Å². The topological polar surface area (TPSA) is 24.5 Å². The van der Waals surface area contributed by atoms with Gasteiger partial charge in [-0.05, 0) is 51.1 Å².